The Morgan fingerprint density at radius 3 is 2.24 bits per heavy atom. The third kappa shape index (κ3) is 5.75. The van der Waals surface area contributed by atoms with Gasteiger partial charge < -0.3 is 15.1 Å². The highest BCUT2D eigenvalue weighted by atomic mass is 32.2. The van der Waals surface area contributed by atoms with Crippen molar-refractivity contribution in [3.8, 4) is 0 Å². The highest BCUT2D eigenvalue weighted by Crippen LogP contribution is 2.32. The van der Waals surface area contributed by atoms with Crippen LogP contribution in [0.2, 0.25) is 0 Å². The maximum absolute atomic E-state index is 13.3. The smallest absolute Gasteiger partial charge is 0.243 e. The van der Waals surface area contributed by atoms with Gasteiger partial charge in [0.05, 0.1) is 22.7 Å². The molecule has 178 valence electrons. The molecule has 1 N–H and O–H groups in total. The Hall–Kier alpha value is -2.42. The topological polar surface area (TPSA) is 73.0 Å². The van der Waals surface area contributed by atoms with Gasteiger partial charge in [-0.1, -0.05) is 36.2 Å². The van der Waals surface area contributed by atoms with Crippen molar-refractivity contribution in [2.24, 2.45) is 0 Å². The molecule has 0 saturated carbocycles. The second kappa shape index (κ2) is 10.2. The monoisotopic (exact) mass is 470 g/mol. The Bertz CT molecular complexity index is 1070. The fourth-order valence-electron chi connectivity index (χ4n) is 4.44. The van der Waals surface area contributed by atoms with Crippen molar-refractivity contribution < 1.29 is 13.2 Å². The number of sulfonamides is 1. The quantitative estimate of drug-likeness (QED) is 0.702. The van der Waals surface area contributed by atoms with Gasteiger partial charge in [-0.05, 0) is 50.6 Å². The number of rotatable bonds is 6. The predicted octanol–water partition coefficient (Wildman–Crippen LogP) is 3.10. The van der Waals surface area contributed by atoms with Crippen LogP contribution in [0, 0.1) is 6.92 Å². The van der Waals surface area contributed by atoms with Crippen molar-refractivity contribution in [3.63, 3.8) is 0 Å². The van der Waals surface area contributed by atoms with Crippen LogP contribution in [-0.4, -0.2) is 69.8 Å². The summed E-state index contributed by atoms with van der Waals surface area (Å²) >= 11 is 0. The van der Waals surface area contributed by atoms with Crippen LogP contribution in [0.1, 0.15) is 30.4 Å². The van der Waals surface area contributed by atoms with Crippen molar-refractivity contribution in [1.82, 2.24) is 9.21 Å². The van der Waals surface area contributed by atoms with E-state index in [2.05, 4.69) is 22.2 Å². The second-order valence-corrected chi connectivity index (χ2v) is 11.1. The molecule has 2 heterocycles. The maximum Gasteiger partial charge on any atom is 0.243 e. The van der Waals surface area contributed by atoms with Crippen LogP contribution in [0.5, 0.6) is 0 Å². The highest BCUT2D eigenvalue weighted by Gasteiger charge is 2.28. The van der Waals surface area contributed by atoms with Crippen LogP contribution in [-0.2, 0) is 21.2 Å². The van der Waals surface area contributed by atoms with E-state index < -0.39 is 10.0 Å². The molecule has 2 aromatic carbocycles. The standard InChI is InChI=1S/C25H34N4O3S/c1-20-6-8-21(9-7-20)18-25(30)26-23-19-22(33(31,32)29-12-4-3-5-13-29)10-11-24(23)28-16-14-27(2)15-17-28/h6-11,19H,3-5,12-18H2,1-2H3,(H,26,30). The summed E-state index contributed by atoms with van der Waals surface area (Å²) in [6.07, 6.45) is 3.08. The normalized spacial score (nSPS) is 18.3. The molecule has 2 aliphatic heterocycles. The minimum atomic E-state index is -3.58. The molecule has 0 bridgehead atoms. The zero-order valence-electron chi connectivity index (χ0n) is 19.6. The van der Waals surface area contributed by atoms with E-state index in [9.17, 15) is 13.2 Å². The summed E-state index contributed by atoms with van der Waals surface area (Å²) in [7, 11) is -1.49. The summed E-state index contributed by atoms with van der Waals surface area (Å²) in [5, 5.41) is 3.02. The van der Waals surface area contributed by atoms with Crippen LogP contribution in [0.25, 0.3) is 0 Å². The third-order valence-corrected chi connectivity index (χ3v) is 8.42. The SMILES string of the molecule is Cc1ccc(CC(=O)Nc2cc(S(=O)(=O)N3CCCCC3)ccc2N2CCN(C)CC2)cc1. The van der Waals surface area contributed by atoms with Crippen LogP contribution < -0.4 is 10.2 Å². The summed E-state index contributed by atoms with van der Waals surface area (Å²) in [5.74, 6) is -0.151. The van der Waals surface area contributed by atoms with Crippen LogP contribution in [0.15, 0.2) is 47.4 Å². The number of aryl methyl sites for hydroxylation is 1. The van der Waals surface area contributed by atoms with Gasteiger partial charge in [-0.3, -0.25) is 4.79 Å². The average Bonchev–Trinajstić information content (AvgIpc) is 2.82. The van der Waals surface area contributed by atoms with Crippen LogP contribution >= 0.6 is 0 Å². The van der Waals surface area contributed by atoms with Crippen molar-refractivity contribution in [1.29, 1.82) is 0 Å². The molecule has 2 fully saturated rings. The molecule has 8 heteroatoms. The van der Waals surface area contributed by atoms with Crippen LogP contribution in [0.3, 0.4) is 0 Å². The summed E-state index contributed by atoms with van der Waals surface area (Å²) < 4.78 is 28.1. The van der Waals surface area contributed by atoms with Crippen molar-refractivity contribution in [2.45, 2.75) is 37.5 Å². The van der Waals surface area contributed by atoms with E-state index in [1.165, 1.54) is 0 Å². The largest absolute Gasteiger partial charge is 0.367 e. The first-order chi connectivity index (χ1) is 15.8. The molecular weight excluding hydrogens is 436 g/mol. The number of anilines is 2. The van der Waals surface area contributed by atoms with Gasteiger partial charge >= 0.3 is 0 Å². The minimum Gasteiger partial charge on any atom is -0.367 e. The summed E-state index contributed by atoms with van der Waals surface area (Å²) in [5.41, 5.74) is 3.51. The van der Waals surface area contributed by atoms with Gasteiger partial charge in [0.25, 0.3) is 0 Å². The number of carbonyl (C=O) groups excluding carboxylic acids is 1. The summed E-state index contributed by atoms with van der Waals surface area (Å²) in [6.45, 7) is 6.62. The zero-order chi connectivity index (χ0) is 23.4. The highest BCUT2D eigenvalue weighted by molar-refractivity contribution is 7.89. The Labute approximate surface area is 197 Å². The Balaban J connectivity index is 1.61. The molecule has 2 aromatic rings. The van der Waals surface area contributed by atoms with Gasteiger partial charge in [-0.2, -0.15) is 4.31 Å². The number of nitrogens with one attached hydrogen (secondary N) is 1. The molecule has 0 radical (unpaired) electrons. The molecule has 0 unspecified atom stereocenters. The first-order valence-corrected chi connectivity index (χ1v) is 13.2. The molecule has 0 spiro atoms. The number of carbonyl (C=O) groups is 1. The van der Waals surface area contributed by atoms with Gasteiger partial charge in [-0.25, -0.2) is 8.42 Å². The molecule has 0 aliphatic carbocycles. The number of piperazine rings is 1. The van der Waals surface area contributed by atoms with E-state index in [1.54, 1.807) is 16.4 Å². The molecule has 2 aliphatic rings. The van der Waals surface area contributed by atoms with Gasteiger partial charge in [-0.15, -0.1) is 0 Å². The lowest BCUT2D eigenvalue weighted by molar-refractivity contribution is -0.115. The lowest BCUT2D eigenvalue weighted by Crippen LogP contribution is -2.44. The van der Waals surface area contributed by atoms with E-state index in [-0.39, 0.29) is 17.2 Å². The first-order valence-electron chi connectivity index (χ1n) is 11.8. The molecule has 33 heavy (non-hydrogen) atoms. The molecule has 7 nitrogen and oxygen atoms in total. The van der Waals surface area contributed by atoms with E-state index in [0.29, 0.717) is 18.8 Å². The van der Waals surface area contributed by atoms with Gasteiger partial charge in [0, 0.05) is 39.3 Å². The lowest BCUT2D eigenvalue weighted by Gasteiger charge is -2.35. The van der Waals surface area contributed by atoms with Crippen molar-refractivity contribution >= 4 is 27.3 Å². The zero-order valence-corrected chi connectivity index (χ0v) is 20.4. The minimum absolute atomic E-state index is 0.151. The lowest BCUT2D eigenvalue weighted by atomic mass is 10.1. The number of amides is 1. The maximum atomic E-state index is 13.3. The second-order valence-electron chi connectivity index (χ2n) is 9.14. The number of benzene rings is 2. The number of nitrogens with zero attached hydrogens (tertiary/aromatic N) is 3. The fourth-order valence-corrected chi connectivity index (χ4v) is 5.98. The van der Waals surface area contributed by atoms with Crippen LogP contribution in [0.4, 0.5) is 11.4 Å². The molecule has 4 rings (SSSR count). The first kappa shape index (κ1) is 23.7. The molecule has 0 atom stereocenters. The Morgan fingerprint density at radius 1 is 0.909 bits per heavy atom. The van der Waals surface area contributed by atoms with E-state index >= 15 is 0 Å². The van der Waals surface area contributed by atoms with Crippen molar-refractivity contribution in [3.05, 3.63) is 53.6 Å². The van der Waals surface area contributed by atoms with Crippen molar-refractivity contribution in [2.75, 3.05) is 56.5 Å². The summed E-state index contributed by atoms with van der Waals surface area (Å²) in [6, 6.07) is 13.1. The number of likely N-dealkylation sites (N-methyl/N-ethyl adjacent to an activating group) is 1. The number of piperidine rings is 1. The van der Waals surface area contributed by atoms with Gasteiger partial charge in [0.15, 0.2) is 0 Å². The van der Waals surface area contributed by atoms with E-state index in [1.807, 2.05) is 37.3 Å². The Morgan fingerprint density at radius 2 is 1.58 bits per heavy atom. The molecule has 0 aromatic heterocycles. The number of hydrogen-bond acceptors (Lipinski definition) is 5. The van der Waals surface area contributed by atoms with Gasteiger partial charge in [0.2, 0.25) is 15.9 Å². The third-order valence-electron chi connectivity index (χ3n) is 6.52. The van der Waals surface area contributed by atoms with Gasteiger partial charge in [0.1, 0.15) is 0 Å². The average molecular weight is 471 g/mol. The molecule has 1 amide bonds. The molecule has 2 saturated heterocycles. The predicted molar refractivity (Wildman–Crippen MR) is 132 cm³/mol. The van der Waals surface area contributed by atoms with E-state index in [0.717, 1.165) is 62.3 Å². The Kier molecular flexibility index (Phi) is 7.36. The molecular formula is C25H34N4O3S. The summed E-state index contributed by atoms with van der Waals surface area (Å²) in [4.78, 5) is 17.6. The fraction of sp³-hybridized carbons (Fsp3) is 0.480. The number of hydrogen-bond donors (Lipinski definition) is 1. The van der Waals surface area contributed by atoms with E-state index in [4.69, 9.17) is 0 Å².